The normalized spacial score (nSPS) is 15.1. The molecule has 2 rings (SSSR count). The summed E-state index contributed by atoms with van der Waals surface area (Å²) in [5.41, 5.74) is 0.568. The van der Waals surface area contributed by atoms with E-state index in [1.54, 1.807) is 7.05 Å². The molecule has 1 fully saturated rings. The van der Waals surface area contributed by atoms with Gasteiger partial charge in [-0.25, -0.2) is 9.18 Å². The minimum absolute atomic E-state index is 0. The summed E-state index contributed by atoms with van der Waals surface area (Å²) in [6.07, 6.45) is -0.424. The average molecular weight is 550 g/mol. The molecule has 1 heterocycles. The van der Waals surface area contributed by atoms with Crippen LogP contribution >= 0.6 is 24.0 Å². The van der Waals surface area contributed by atoms with Crippen molar-refractivity contribution in [1.29, 1.82) is 0 Å². The number of ether oxygens (including phenoxy) is 1. The third kappa shape index (κ3) is 10.9. The van der Waals surface area contributed by atoms with Gasteiger partial charge < -0.3 is 25.6 Å². The number of carbonyl (C=O) groups excluding carboxylic acids is 1. The number of hydrogen-bond donors (Lipinski definition) is 3. The predicted octanol–water partition coefficient (Wildman–Crippen LogP) is 2.26. The van der Waals surface area contributed by atoms with Crippen molar-refractivity contribution in [2.75, 3.05) is 64.3 Å². The Morgan fingerprint density at radius 2 is 1.61 bits per heavy atom. The molecule has 0 unspecified atom stereocenters. The molecular formula is C21H36FIN6O2. The van der Waals surface area contributed by atoms with E-state index in [0.717, 1.165) is 45.0 Å². The van der Waals surface area contributed by atoms with E-state index in [-0.39, 0.29) is 29.8 Å². The second-order valence-electron chi connectivity index (χ2n) is 8.16. The highest BCUT2D eigenvalue weighted by Gasteiger charge is 2.17. The Morgan fingerprint density at radius 3 is 2.19 bits per heavy atom. The highest BCUT2D eigenvalue weighted by atomic mass is 127. The molecule has 1 saturated heterocycles. The van der Waals surface area contributed by atoms with Crippen molar-refractivity contribution in [2.45, 2.75) is 26.4 Å². The van der Waals surface area contributed by atoms with E-state index in [9.17, 15) is 9.18 Å². The Hall–Kier alpha value is -1.82. The van der Waals surface area contributed by atoms with Crippen molar-refractivity contribution < 1.29 is 13.9 Å². The molecule has 1 aromatic rings. The number of piperazine rings is 1. The van der Waals surface area contributed by atoms with E-state index in [2.05, 4.69) is 30.7 Å². The molecule has 3 N–H and O–H groups in total. The molecule has 1 aromatic carbocycles. The largest absolute Gasteiger partial charge is 0.444 e. The molecule has 1 aliphatic rings. The molecule has 1 aliphatic heterocycles. The highest BCUT2D eigenvalue weighted by Crippen LogP contribution is 2.16. The van der Waals surface area contributed by atoms with Crippen molar-refractivity contribution in [3.63, 3.8) is 0 Å². The number of aliphatic imine (C=N–C) groups is 1. The number of guanidine groups is 1. The quantitative estimate of drug-likeness (QED) is 0.209. The third-order valence-electron chi connectivity index (χ3n) is 4.59. The Bertz CT molecular complexity index is 688. The molecule has 10 heteroatoms. The van der Waals surface area contributed by atoms with Gasteiger partial charge in [0.15, 0.2) is 5.96 Å². The molecular weight excluding hydrogens is 514 g/mol. The van der Waals surface area contributed by atoms with Crippen molar-refractivity contribution in [3.8, 4) is 0 Å². The van der Waals surface area contributed by atoms with Gasteiger partial charge in [-0.1, -0.05) is 0 Å². The Morgan fingerprint density at radius 1 is 1.03 bits per heavy atom. The van der Waals surface area contributed by atoms with Gasteiger partial charge >= 0.3 is 6.09 Å². The maximum atomic E-state index is 13.1. The smallest absolute Gasteiger partial charge is 0.407 e. The third-order valence-corrected chi connectivity index (χ3v) is 4.59. The standard InChI is InChI=1S/C21H35FN6O2.HI/c1-21(2,3)30-20(29)26-10-9-24-19(23-4)25-11-12-27-13-15-28(16-14-27)18-7-5-17(22)6-8-18;/h5-8H,9-16H2,1-4H3,(H,26,29)(H2,23,24,25);1H. The van der Waals surface area contributed by atoms with Gasteiger partial charge in [-0.15, -0.1) is 24.0 Å². The molecule has 0 aromatic heterocycles. The zero-order chi connectivity index (χ0) is 22.0. The van der Waals surface area contributed by atoms with Gasteiger partial charge in [0.25, 0.3) is 0 Å². The summed E-state index contributed by atoms with van der Waals surface area (Å²) in [5.74, 6) is 0.497. The average Bonchev–Trinajstić information content (AvgIpc) is 2.69. The zero-order valence-corrected chi connectivity index (χ0v) is 21.2. The molecule has 8 nitrogen and oxygen atoms in total. The number of hydrogen-bond acceptors (Lipinski definition) is 5. The van der Waals surface area contributed by atoms with Crippen LogP contribution in [0.5, 0.6) is 0 Å². The number of halogens is 2. The van der Waals surface area contributed by atoms with E-state index in [1.165, 1.54) is 12.1 Å². The second kappa shape index (κ2) is 13.6. The minimum Gasteiger partial charge on any atom is -0.444 e. The number of nitrogens with zero attached hydrogens (tertiary/aromatic N) is 3. The Balaban J connectivity index is 0.00000480. The lowest BCUT2D eigenvalue weighted by Gasteiger charge is -2.36. The molecule has 1 amide bonds. The van der Waals surface area contributed by atoms with Crippen LogP contribution in [-0.4, -0.2) is 82.0 Å². The van der Waals surface area contributed by atoms with E-state index in [4.69, 9.17) is 4.74 Å². The van der Waals surface area contributed by atoms with E-state index < -0.39 is 11.7 Å². The topological polar surface area (TPSA) is 81.2 Å². The van der Waals surface area contributed by atoms with Crippen LogP contribution in [0.1, 0.15) is 20.8 Å². The minimum atomic E-state index is -0.500. The molecule has 0 bridgehead atoms. The van der Waals surface area contributed by atoms with E-state index in [1.807, 2.05) is 32.9 Å². The van der Waals surface area contributed by atoms with Gasteiger partial charge in [0.05, 0.1) is 0 Å². The van der Waals surface area contributed by atoms with Gasteiger partial charge in [0.2, 0.25) is 0 Å². The van der Waals surface area contributed by atoms with Crippen LogP contribution < -0.4 is 20.9 Å². The number of amides is 1. The number of benzene rings is 1. The van der Waals surface area contributed by atoms with Crippen molar-refractivity contribution in [3.05, 3.63) is 30.1 Å². The van der Waals surface area contributed by atoms with Gasteiger partial charge in [-0.3, -0.25) is 9.89 Å². The van der Waals surface area contributed by atoms with Crippen molar-refractivity contribution >= 4 is 41.7 Å². The summed E-state index contributed by atoms with van der Waals surface area (Å²) in [6.45, 7) is 12.0. The van der Waals surface area contributed by atoms with E-state index >= 15 is 0 Å². The Kier molecular flexibility index (Phi) is 11.9. The maximum absolute atomic E-state index is 13.1. The van der Waals surface area contributed by atoms with Gasteiger partial charge in [-0.05, 0) is 45.0 Å². The fourth-order valence-electron chi connectivity index (χ4n) is 3.09. The zero-order valence-electron chi connectivity index (χ0n) is 18.9. The first kappa shape index (κ1) is 27.2. The number of nitrogens with one attached hydrogen (secondary N) is 3. The summed E-state index contributed by atoms with van der Waals surface area (Å²) < 4.78 is 18.3. The highest BCUT2D eigenvalue weighted by molar-refractivity contribution is 14.0. The lowest BCUT2D eigenvalue weighted by molar-refractivity contribution is 0.0529. The fraction of sp³-hybridized carbons (Fsp3) is 0.619. The Labute approximate surface area is 202 Å². The second-order valence-corrected chi connectivity index (χ2v) is 8.16. The molecule has 31 heavy (non-hydrogen) atoms. The van der Waals surface area contributed by atoms with Crippen LogP contribution in [-0.2, 0) is 4.74 Å². The molecule has 0 spiro atoms. The summed E-state index contributed by atoms with van der Waals surface area (Å²) >= 11 is 0. The fourth-order valence-corrected chi connectivity index (χ4v) is 3.09. The first-order valence-electron chi connectivity index (χ1n) is 10.4. The number of alkyl carbamates (subject to hydrolysis) is 1. The van der Waals surface area contributed by atoms with Crippen LogP contribution in [0.15, 0.2) is 29.3 Å². The lowest BCUT2D eigenvalue weighted by Crippen LogP contribution is -2.49. The van der Waals surface area contributed by atoms with Gasteiger partial charge in [0.1, 0.15) is 11.4 Å². The van der Waals surface area contributed by atoms with Crippen LogP contribution in [0.2, 0.25) is 0 Å². The van der Waals surface area contributed by atoms with Gasteiger partial charge in [-0.2, -0.15) is 0 Å². The van der Waals surface area contributed by atoms with Crippen LogP contribution in [0.3, 0.4) is 0 Å². The monoisotopic (exact) mass is 550 g/mol. The maximum Gasteiger partial charge on any atom is 0.407 e. The van der Waals surface area contributed by atoms with Gasteiger partial charge in [0, 0.05) is 65.1 Å². The summed E-state index contributed by atoms with van der Waals surface area (Å²) in [6, 6.07) is 6.68. The predicted molar refractivity (Wildman–Crippen MR) is 134 cm³/mol. The molecule has 0 aliphatic carbocycles. The summed E-state index contributed by atoms with van der Waals surface area (Å²) in [5, 5.41) is 9.17. The number of anilines is 1. The summed E-state index contributed by atoms with van der Waals surface area (Å²) in [7, 11) is 1.72. The van der Waals surface area contributed by atoms with Crippen LogP contribution in [0, 0.1) is 5.82 Å². The SMILES string of the molecule is CN=C(NCCNC(=O)OC(C)(C)C)NCCN1CCN(c2ccc(F)cc2)CC1.I. The molecule has 0 saturated carbocycles. The number of rotatable bonds is 7. The molecule has 0 radical (unpaired) electrons. The number of carbonyl (C=O) groups is 1. The molecule has 0 atom stereocenters. The van der Waals surface area contributed by atoms with Crippen LogP contribution in [0.25, 0.3) is 0 Å². The van der Waals surface area contributed by atoms with Crippen LogP contribution in [0.4, 0.5) is 14.9 Å². The van der Waals surface area contributed by atoms with E-state index in [0.29, 0.717) is 19.0 Å². The van der Waals surface area contributed by atoms with Crippen molar-refractivity contribution in [2.24, 2.45) is 4.99 Å². The lowest BCUT2D eigenvalue weighted by atomic mass is 10.2. The van der Waals surface area contributed by atoms with Crippen molar-refractivity contribution in [1.82, 2.24) is 20.9 Å². The first-order chi connectivity index (χ1) is 14.3. The molecule has 176 valence electrons. The first-order valence-corrected chi connectivity index (χ1v) is 10.4. The summed E-state index contributed by atoms with van der Waals surface area (Å²) in [4.78, 5) is 20.5.